The predicted molar refractivity (Wildman–Crippen MR) is 87.0 cm³/mol. The molecule has 0 aliphatic rings. The van der Waals surface area contributed by atoms with Crippen molar-refractivity contribution in [2.24, 2.45) is 0 Å². The fourth-order valence-corrected chi connectivity index (χ4v) is 2.54. The quantitative estimate of drug-likeness (QED) is 0.785. The molecule has 5 heteroatoms. The van der Waals surface area contributed by atoms with Crippen LogP contribution in [0.15, 0.2) is 47.4 Å². The fraction of sp³-hybridized carbons (Fsp3) is 0.235. The SMILES string of the molecule is COc1ccc(F)cc1C(=O)N(C)Cc1ccc(SC)cc1. The molecule has 0 atom stereocenters. The molecule has 0 aromatic heterocycles. The van der Waals surface area contributed by atoms with E-state index >= 15 is 0 Å². The average Bonchev–Trinajstić information content (AvgIpc) is 2.54. The number of nitrogens with zero attached hydrogens (tertiary/aromatic N) is 1. The first-order valence-electron chi connectivity index (χ1n) is 6.77. The van der Waals surface area contributed by atoms with E-state index in [-0.39, 0.29) is 11.5 Å². The smallest absolute Gasteiger partial charge is 0.257 e. The maximum atomic E-state index is 13.4. The van der Waals surface area contributed by atoms with Gasteiger partial charge in [-0.3, -0.25) is 4.79 Å². The Labute approximate surface area is 134 Å². The van der Waals surface area contributed by atoms with Gasteiger partial charge in [0.2, 0.25) is 0 Å². The van der Waals surface area contributed by atoms with E-state index in [0.717, 1.165) is 5.56 Å². The first-order valence-corrected chi connectivity index (χ1v) is 7.99. The molecule has 0 saturated carbocycles. The number of carbonyl (C=O) groups is 1. The maximum absolute atomic E-state index is 13.4. The standard InChI is InChI=1S/C17H18FNO2S/c1-19(11-12-4-7-14(22-3)8-5-12)17(20)15-10-13(18)6-9-16(15)21-2/h4-10H,11H2,1-3H3. The number of hydrogen-bond acceptors (Lipinski definition) is 3. The minimum atomic E-state index is -0.457. The molecule has 0 fully saturated rings. The second-order valence-corrected chi connectivity index (χ2v) is 5.73. The van der Waals surface area contributed by atoms with Gasteiger partial charge in [0, 0.05) is 18.5 Å². The highest BCUT2D eigenvalue weighted by Gasteiger charge is 2.17. The van der Waals surface area contributed by atoms with Crippen molar-refractivity contribution in [2.45, 2.75) is 11.4 Å². The van der Waals surface area contributed by atoms with Gasteiger partial charge in [0.05, 0.1) is 12.7 Å². The number of ether oxygens (including phenoxy) is 1. The molecule has 2 aromatic rings. The van der Waals surface area contributed by atoms with Crippen LogP contribution in [-0.2, 0) is 6.54 Å². The summed E-state index contributed by atoms with van der Waals surface area (Å²) in [5.74, 6) is -0.358. The monoisotopic (exact) mass is 319 g/mol. The molecule has 0 saturated heterocycles. The molecule has 0 heterocycles. The number of benzene rings is 2. The normalized spacial score (nSPS) is 10.4. The first-order chi connectivity index (χ1) is 10.5. The Balaban J connectivity index is 2.16. The molecule has 0 unspecified atom stereocenters. The Morgan fingerprint density at radius 2 is 1.91 bits per heavy atom. The van der Waals surface area contributed by atoms with Gasteiger partial charge < -0.3 is 9.64 Å². The third kappa shape index (κ3) is 3.80. The van der Waals surface area contributed by atoms with Crippen LogP contribution in [0.2, 0.25) is 0 Å². The number of carbonyl (C=O) groups excluding carboxylic acids is 1. The molecule has 2 rings (SSSR count). The molecular weight excluding hydrogens is 301 g/mol. The van der Waals surface area contributed by atoms with Crippen molar-refractivity contribution < 1.29 is 13.9 Å². The van der Waals surface area contributed by atoms with Gasteiger partial charge in [0.1, 0.15) is 11.6 Å². The van der Waals surface area contributed by atoms with Crippen molar-refractivity contribution >= 4 is 17.7 Å². The molecule has 2 aromatic carbocycles. The van der Waals surface area contributed by atoms with Crippen LogP contribution in [0.3, 0.4) is 0 Å². The number of halogens is 1. The lowest BCUT2D eigenvalue weighted by molar-refractivity contribution is 0.0781. The van der Waals surface area contributed by atoms with Crippen molar-refractivity contribution in [2.75, 3.05) is 20.4 Å². The summed E-state index contributed by atoms with van der Waals surface area (Å²) in [4.78, 5) is 15.2. The Morgan fingerprint density at radius 1 is 1.23 bits per heavy atom. The molecule has 0 spiro atoms. The molecule has 0 bridgehead atoms. The predicted octanol–water partition coefficient (Wildman–Crippen LogP) is 3.83. The summed E-state index contributed by atoms with van der Waals surface area (Å²) in [7, 11) is 3.15. The minimum Gasteiger partial charge on any atom is -0.496 e. The Hall–Kier alpha value is -2.01. The van der Waals surface area contributed by atoms with E-state index in [1.807, 2.05) is 30.5 Å². The first kappa shape index (κ1) is 16.4. The van der Waals surface area contributed by atoms with Crippen molar-refractivity contribution in [3.8, 4) is 5.75 Å². The van der Waals surface area contributed by atoms with Crippen LogP contribution in [0, 0.1) is 5.82 Å². The average molecular weight is 319 g/mol. The Bertz CT molecular complexity index is 658. The Morgan fingerprint density at radius 3 is 2.50 bits per heavy atom. The second kappa shape index (κ2) is 7.31. The number of hydrogen-bond donors (Lipinski definition) is 0. The summed E-state index contributed by atoms with van der Waals surface area (Å²) < 4.78 is 18.5. The molecule has 22 heavy (non-hydrogen) atoms. The summed E-state index contributed by atoms with van der Waals surface area (Å²) >= 11 is 1.67. The molecule has 0 aliphatic heterocycles. The van der Waals surface area contributed by atoms with Crippen LogP contribution >= 0.6 is 11.8 Å². The highest BCUT2D eigenvalue weighted by atomic mass is 32.2. The van der Waals surface area contributed by atoms with Gasteiger partial charge >= 0.3 is 0 Å². The van der Waals surface area contributed by atoms with Crippen LogP contribution in [0.5, 0.6) is 5.75 Å². The lowest BCUT2D eigenvalue weighted by Crippen LogP contribution is -2.26. The zero-order valence-corrected chi connectivity index (χ0v) is 13.6. The summed E-state index contributed by atoms with van der Waals surface area (Å²) in [5.41, 5.74) is 1.25. The third-order valence-electron chi connectivity index (χ3n) is 3.32. The Kier molecular flexibility index (Phi) is 5.44. The lowest BCUT2D eigenvalue weighted by atomic mass is 10.1. The van der Waals surface area contributed by atoms with E-state index < -0.39 is 5.82 Å². The zero-order valence-electron chi connectivity index (χ0n) is 12.8. The lowest BCUT2D eigenvalue weighted by Gasteiger charge is -2.19. The summed E-state index contributed by atoms with van der Waals surface area (Å²) in [6.07, 6.45) is 2.01. The molecule has 0 radical (unpaired) electrons. The van der Waals surface area contributed by atoms with E-state index in [1.165, 1.54) is 30.2 Å². The van der Waals surface area contributed by atoms with Crippen LogP contribution in [0.1, 0.15) is 15.9 Å². The second-order valence-electron chi connectivity index (χ2n) is 4.85. The number of methoxy groups -OCH3 is 1. The third-order valence-corrected chi connectivity index (χ3v) is 4.06. The van der Waals surface area contributed by atoms with E-state index in [4.69, 9.17) is 4.74 Å². The topological polar surface area (TPSA) is 29.5 Å². The van der Waals surface area contributed by atoms with Gasteiger partial charge in [-0.25, -0.2) is 4.39 Å². The van der Waals surface area contributed by atoms with E-state index in [9.17, 15) is 9.18 Å². The molecule has 3 nitrogen and oxygen atoms in total. The van der Waals surface area contributed by atoms with Crippen molar-refractivity contribution in [1.29, 1.82) is 0 Å². The van der Waals surface area contributed by atoms with Crippen LogP contribution in [-0.4, -0.2) is 31.2 Å². The van der Waals surface area contributed by atoms with Gasteiger partial charge in [-0.1, -0.05) is 12.1 Å². The largest absolute Gasteiger partial charge is 0.496 e. The van der Waals surface area contributed by atoms with E-state index in [1.54, 1.807) is 23.7 Å². The molecule has 0 aliphatic carbocycles. The van der Waals surface area contributed by atoms with E-state index in [0.29, 0.717) is 12.3 Å². The number of thioether (sulfide) groups is 1. The molecular formula is C17H18FNO2S. The summed E-state index contributed by atoms with van der Waals surface area (Å²) in [6, 6.07) is 11.9. The van der Waals surface area contributed by atoms with Gasteiger partial charge in [0.15, 0.2) is 0 Å². The van der Waals surface area contributed by atoms with Gasteiger partial charge in [-0.2, -0.15) is 0 Å². The minimum absolute atomic E-state index is 0.228. The van der Waals surface area contributed by atoms with Crippen LogP contribution in [0.4, 0.5) is 4.39 Å². The zero-order chi connectivity index (χ0) is 16.1. The summed E-state index contributed by atoms with van der Waals surface area (Å²) in [5, 5.41) is 0. The molecule has 116 valence electrons. The van der Waals surface area contributed by atoms with E-state index in [2.05, 4.69) is 0 Å². The van der Waals surface area contributed by atoms with Crippen LogP contribution in [0.25, 0.3) is 0 Å². The van der Waals surface area contributed by atoms with Crippen molar-refractivity contribution in [1.82, 2.24) is 4.90 Å². The van der Waals surface area contributed by atoms with Crippen molar-refractivity contribution in [3.05, 3.63) is 59.4 Å². The maximum Gasteiger partial charge on any atom is 0.257 e. The van der Waals surface area contributed by atoms with Crippen LogP contribution < -0.4 is 4.74 Å². The van der Waals surface area contributed by atoms with Gasteiger partial charge in [0.25, 0.3) is 5.91 Å². The highest BCUT2D eigenvalue weighted by molar-refractivity contribution is 7.98. The fourth-order valence-electron chi connectivity index (χ4n) is 2.13. The highest BCUT2D eigenvalue weighted by Crippen LogP contribution is 2.22. The molecule has 0 N–H and O–H groups in total. The van der Waals surface area contributed by atoms with Crippen molar-refractivity contribution in [3.63, 3.8) is 0 Å². The number of rotatable bonds is 5. The van der Waals surface area contributed by atoms with Gasteiger partial charge in [-0.05, 0) is 42.2 Å². The summed E-state index contributed by atoms with van der Waals surface area (Å²) in [6.45, 7) is 0.452. The molecule has 1 amide bonds. The number of amides is 1. The van der Waals surface area contributed by atoms with Gasteiger partial charge in [-0.15, -0.1) is 11.8 Å².